The van der Waals surface area contributed by atoms with E-state index >= 15 is 0 Å². The minimum absolute atomic E-state index is 0.0312. The molecule has 1 aliphatic carbocycles. The number of methoxy groups -OCH3 is 1. The molecule has 1 aromatic carbocycles. The van der Waals surface area contributed by atoms with Gasteiger partial charge in [-0.3, -0.25) is 9.59 Å². The minimum Gasteiger partial charge on any atom is -0.497 e. The van der Waals surface area contributed by atoms with E-state index < -0.39 is 9.84 Å². The zero-order chi connectivity index (χ0) is 21.3. The van der Waals surface area contributed by atoms with Crippen molar-refractivity contribution in [2.45, 2.75) is 38.1 Å². The fraction of sp³-hybridized carbons (Fsp3) is 0.429. The van der Waals surface area contributed by atoms with Crippen molar-refractivity contribution in [2.75, 3.05) is 23.9 Å². The fourth-order valence-electron chi connectivity index (χ4n) is 4.00. The first-order valence-electron chi connectivity index (χ1n) is 9.97. The first-order chi connectivity index (χ1) is 14.4. The van der Waals surface area contributed by atoms with E-state index in [4.69, 9.17) is 4.74 Å². The Morgan fingerprint density at radius 3 is 2.70 bits per heavy atom. The van der Waals surface area contributed by atoms with Gasteiger partial charge in [0.1, 0.15) is 10.8 Å². The van der Waals surface area contributed by atoms with E-state index in [0.29, 0.717) is 28.3 Å². The van der Waals surface area contributed by atoms with Crippen molar-refractivity contribution in [1.29, 1.82) is 0 Å². The number of ether oxygens (including phenoxy) is 1. The van der Waals surface area contributed by atoms with E-state index in [1.807, 2.05) is 0 Å². The van der Waals surface area contributed by atoms with Gasteiger partial charge < -0.3 is 15.4 Å². The van der Waals surface area contributed by atoms with E-state index in [1.165, 1.54) is 18.4 Å². The number of carbonyl (C=O) groups excluding carboxylic acids is 2. The molecule has 30 heavy (non-hydrogen) atoms. The third-order valence-corrected chi connectivity index (χ3v) is 8.50. The van der Waals surface area contributed by atoms with Crippen molar-refractivity contribution in [3.8, 4) is 5.75 Å². The summed E-state index contributed by atoms with van der Waals surface area (Å²) in [5, 5.41) is 6.30. The van der Waals surface area contributed by atoms with Crippen LogP contribution in [0.4, 0.5) is 5.00 Å². The van der Waals surface area contributed by atoms with Crippen LogP contribution < -0.4 is 15.4 Å². The zero-order valence-electron chi connectivity index (χ0n) is 16.7. The number of rotatable bonds is 5. The fourth-order valence-corrected chi connectivity index (χ4v) is 6.96. The molecular weight excluding hydrogens is 424 g/mol. The third-order valence-electron chi connectivity index (χ3n) is 5.53. The Kier molecular flexibility index (Phi) is 5.84. The van der Waals surface area contributed by atoms with Gasteiger partial charge in [-0.25, -0.2) is 8.42 Å². The van der Waals surface area contributed by atoms with Gasteiger partial charge in [0.25, 0.3) is 11.8 Å². The Balaban J connectivity index is 1.60. The molecule has 2 heterocycles. The average molecular weight is 449 g/mol. The molecule has 9 heteroatoms. The van der Waals surface area contributed by atoms with Crippen LogP contribution in [0, 0.1) is 0 Å². The Labute approximate surface area is 179 Å². The van der Waals surface area contributed by atoms with Crippen LogP contribution in [0.15, 0.2) is 24.3 Å². The van der Waals surface area contributed by atoms with Gasteiger partial charge in [0.15, 0.2) is 9.84 Å². The van der Waals surface area contributed by atoms with Crippen LogP contribution in [-0.2, 0) is 22.7 Å². The standard InChI is InChI=1S/C21H24N2O5S2/c1-28-15-6-4-5-13(11-15)19(24)23-21-18(16-7-2-3-8-17(16)29-21)20(25)22-14-9-10-30(26,27)12-14/h4-6,11,14H,2-3,7-10,12H2,1H3,(H,22,25)(H,23,24)/t14-/m0/s1. The largest absolute Gasteiger partial charge is 0.497 e. The number of hydrogen-bond acceptors (Lipinski definition) is 6. The van der Waals surface area contributed by atoms with Crippen LogP contribution in [0.25, 0.3) is 0 Å². The Morgan fingerprint density at radius 2 is 1.97 bits per heavy atom. The monoisotopic (exact) mass is 448 g/mol. The Hall–Kier alpha value is -2.39. The lowest BCUT2D eigenvalue weighted by Gasteiger charge is -2.15. The first-order valence-corrected chi connectivity index (χ1v) is 12.6. The molecule has 1 atom stereocenters. The number of thiophene rings is 1. The number of amides is 2. The van der Waals surface area contributed by atoms with Crippen LogP contribution in [0.1, 0.15) is 50.4 Å². The molecule has 0 unspecified atom stereocenters. The van der Waals surface area contributed by atoms with Gasteiger partial charge in [-0.1, -0.05) is 6.07 Å². The van der Waals surface area contributed by atoms with E-state index in [1.54, 1.807) is 24.3 Å². The molecule has 2 aliphatic rings. The molecule has 2 aromatic rings. The van der Waals surface area contributed by atoms with Gasteiger partial charge in [0.05, 0.1) is 24.2 Å². The maximum Gasteiger partial charge on any atom is 0.256 e. The number of anilines is 1. The quantitative estimate of drug-likeness (QED) is 0.732. The smallest absolute Gasteiger partial charge is 0.256 e. The van der Waals surface area contributed by atoms with Crippen LogP contribution in [0.2, 0.25) is 0 Å². The van der Waals surface area contributed by atoms with Gasteiger partial charge in [0.2, 0.25) is 0 Å². The van der Waals surface area contributed by atoms with Crippen molar-refractivity contribution < 1.29 is 22.7 Å². The summed E-state index contributed by atoms with van der Waals surface area (Å²) in [6, 6.07) is 6.44. The lowest BCUT2D eigenvalue weighted by Crippen LogP contribution is -2.36. The minimum atomic E-state index is -3.09. The van der Waals surface area contributed by atoms with E-state index in [-0.39, 0.29) is 29.4 Å². The summed E-state index contributed by atoms with van der Waals surface area (Å²) in [6.45, 7) is 0. The molecule has 0 spiro atoms. The number of nitrogens with one attached hydrogen (secondary N) is 2. The van der Waals surface area contributed by atoms with Gasteiger partial charge in [-0.2, -0.15) is 0 Å². The molecule has 2 amide bonds. The molecule has 4 rings (SSSR count). The summed E-state index contributed by atoms with van der Waals surface area (Å²) in [5.74, 6) is 0.0198. The Morgan fingerprint density at radius 1 is 1.17 bits per heavy atom. The molecule has 160 valence electrons. The zero-order valence-corrected chi connectivity index (χ0v) is 18.3. The van der Waals surface area contributed by atoms with Gasteiger partial charge in [0, 0.05) is 16.5 Å². The maximum absolute atomic E-state index is 13.1. The molecule has 1 aromatic heterocycles. The van der Waals surface area contributed by atoms with Crippen LogP contribution in [0.5, 0.6) is 5.75 Å². The highest BCUT2D eigenvalue weighted by molar-refractivity contribution is 7.91. The Bertz CT molecular complexity index is 1090. The number of sulfone groups is 1. The highest BCUT2D eigenvalue weighted by Gasteiger charge is 2.32. The molecule has 1 fully saturated rings. The SMILES string of the molecule is COc1cccc(C(=O)Nc2sc3c(c2C(=O)N[C@H]2CCS(=O)(=O)C2)CCCC3)c1. The topological polar surface area (TPSA) is 102 Å². The second kappa shape index (κ2) is 8.39. The second-order valence-corrected chi connectivity index (χ2v) is 11.0. The van der Waals surface area contributed by atoms with Crippen molar-refractivity contribution in [1.82, 2.24) is 5.32 Å². The van der Waals surface area contributed by atoms with Crippen LogP contribution >= 0.6 is 11.3 Å². The third kappa shape index (κ3) is 4.37. The summed E-state index contributed by atoms with van der Waals surface area (Å²) in [7, 11) is -1.56. The van der Waals surface area contributed by atoms with E-state index in [2.05, 4.69) is 10.6 Å². The molecule has 1 aliphatic heterocycles. The van der Waals surface area contributed by atoms with Crippen LogP contribution in [0.3, 0.4) is 0 Å². The van der Waals surface area contributed by atoms with Gasteiger partial charge in [-0.15, -0.1) is 11.3 Å². The lowest BCUT2D eigenvalue weighted by atomic mass is 9.95. The summed E-state index contributed by atoms with van der Waals surface area (Å²) < 4.78 is 28.7. The van der Waals surface area contributed by atoms with Gasteiger partial charge in [-0.05, 0) is 55.9 Å². The number of benzene rings is 1. The lowest BCUT2D eigenvalue weighted by molar-refractivity contribution is 0.0941. The molecule has 7 nitrogen and oxygen atoms in total. The summed E-state index contributed by atoms with van der Waals surface area (Å²) in [6.07, 6.45) is 4.13. The van der Waals surface area contributed by atoms with E-state index in [0.717, 1.165) is 36.1 Å². The summed E-state index contributed by atoms with van der Waals surface area (Å²) in [5.41, 5.74) is 1.90. The van der Waals surface area contributed by atoms with Crippen LogP contribution in [-0.4, -0.2) is 44.9 Å². The number of aryl methyl sites for hydroxylation is 1. The number of hydrogen-bond donors (Lipinski definition) is 2. The number of carbonyl (C=O) groups is 2. The molecule has 1 saturated heterocycles. The second-order valence-electron chi connectivity index (χ2n) is 7.67. The molecular formula is C21H24N2O5S2. The van der Waals surface area contributed by atoms with Crippen molar-refractivity contribution in [3.05, 3.63) is 45.8 Å². The van der Waals surface area contributed by atoms with Crippen molar-refractivity contribution in [3.63, 3.8) is 0 Å². The molecule has 0 saturated carbocycles. The van der Waals surface area contributed by atoms with E-state index in [9.17, 15) is 18.0 Å². The number of fused-ring (bicyclic) bond motifs is 1. The highest BCUT2D eigenvalue weighted by atomic mass is 32.2. The van der Waals surface area contributed by atoms with Gasteiger partial charge >= 0.3 is 0 Å². The normalized spacial score (nSPS) is 19.7. The predicted octanol–water partition coefficient (Wildman–Crippen LogP) is 2.80. The highest BCUT2D eigenvalue weighted by Crippen LogP contribution is 2.38. The predicted molar refractivity (Wildman–Crippen MR) is 116 cm³/mol. The molecule has 2 N–H and O–H groups in total. The summed E-state index contributed by atoms with van der Waals surface area (Å²) >= 11 is 1.44. The maximum atomic E-state index is 13.1. The van der Waals surface area contributed by atoms with Crippen molar-refractivity contribution >= 4 is 38.0 Å². The van der Waals surface area contributed by atoms with Crippen molar-refractivity contribution in [2.24, 2.45) is 0 Å². The molecule has 0 bridgehead atoms. The molecule has 0 radical (unpaired) electrons. The first kappa shape index (κ1) is 20.9. The average Bonchev–Trinajstić information content (AvgIpc) is 3.26. The summed E-state index contributed by atoms with van der Waals surface area (Å²) in [4.78, 5) is 27.1.